The van der Waals surface area contributed by atoms with E-state index in [9.17, 15) is 14.9 Å². The van der Waals surface area contributed by atoms with Crippen molar-refractivity contribution in [3.05, 3.63) is 52.3 Å². The molecule has 0 radical (unpaired) electrons. The van der Waals surface area contributed by atoms with Gasteiger partial charge in [0.2, 0.25) is 0 Å². The summed E-state index contributed by atoms with van der Waals surface area (Å²) in [5.41, 5.74) is 0.918. The summed E-state index contributed by atoms with van der Waals surface area (Å²) in [6.07, 6.45) is 7.44. The van der Waals surface area contributed by atoms with E-state index in [1.165, 1.54) is 6.07 Å². The number of benzene rings is 1. The van der Waals surface area contributed by atoms with Gasteiger partial charge in [-0.2, -0.15) is 5.10 Å². The summed E-state index contributed by atoms with van der Waals surface area (Å²) in [4.78, 5) is 25.4. The predicted octanol–water partition coefficient (Wildman–Crippen LogP) is 2.53. The topological polar surface area (TPSA) is 93.3 Å². The van der Waals surface area contributed by atoms with Crippen LogP contribution in [-0.2, 0) is 0 Å². The molecule has 0 atom stereocenters. The number of nitrogens with one attached hydrogen (secondary N) is 1. The molecule has 1 aromatic heterocycles. The van der Waals surface area contributed by atoms with Crippen molar-refractivity contribution in [3.63, 3.8) is 0 Å². The molecule has 1 aliphatic heterocycles. The van der Waals surface area contributed by atoms with Crippen molar-refractivity contribution in [1.29, 1.82) is 0 Å². The van der Waals surface area contributed by atoms with Gasteiger partial charge in [-0.15, -0.1) is 0 Å². The van der Waals surface area contributed by atoms with Crippen LogP contribution in [0.2, 0.25) is 0 Å². The van der Waals surface area contributed by atoms with Gasteiger partial charge in [0.1, 0.15) is 5.69 Å². The zero-order valence-corrected chi connectivity index (χ0v) is 14.4. The quantitative estimate of drug-likeness (QED) is 0.657. The normalized spacial score (nSPS) is 17.9. The van der Waals surface area contributed by atoms with Crippen molar-refractivity contribution < 1.29 is 9.72 Å². The Kier molecular flexibility index (Phi) is 4.32. The van der Waals surface area contributed by atoms with Crippen molar-refractivity contribution in [3.8, 4) is 0 Å². The molecule has 8 nitrogen and oxygen atoms in total. The first kappa shape index (κ1) is 16.6. The molecule has 4 rings (SSSR count). The molecule has 1 amide bonds. The van der Waals surface area contributed by atoms with E-state index in [0.29, 0.717) is 17.3 Å². The lowest BCUT2D eigenvalue weighted by atomic mass is 10.0. The Bertz CT molecular complexity index is 808. The van der Waals surface area contributed by atoms with Crippen LogP contribution in [0.5, 0.6) is 0 Å². The molecular weight excluding hydrogens is 334 g/mol. The minimum absolute atomic E-state index is 0.00835. The third kappa shape index (κ3) is 3.40. The smallest absolute Gasteiger partial charge is 0.293 e. The van der Waals surface area contributed by atoms with Crippen molar-refractivity contribution >= 4 is 17.3 Å². The molecule has 1 N–H and O–H groups in total. The number of aromatic nitrogens is 2. The van der Waals surface area contributed by atoms with Gasteiger partial charge in [0.25, 0.3) is 11.6 Å². The fourth-order valence-corrected chi connectivity index (χ4v) is 3.44. The number of hydrogen-bond acceptors (Lipinski definition) is 5. The van der Waals surface area contributed by atoms with Crippen LogP contribution in [-0.4, -0.2) is 39.7 Å². The Morgan fingerprint density at radius 1 is 1.23 bits per heavy atom. The fraction of sp³-hybridized carbons (Fsp3) is 0.444. The second kappa shape index (κ2) is 6.78. The molecule has 26 heavy (non-hydrogen) atoms. The first-order valence-electron chi connectivity index (χ1n) is 8.95. The van der Waals surface area contributed by atoms with Gasteiger partial charge in [-0.1, -0.05) is 0 Å². The van der Waals surface area contributed by atoms with E-state index in [-0.39, 0.29) is 17.6 Å². The van der Waals surface area contributed by atoms with Gasteiger partial charge in [-0.3, -0.25) is 19.6 Å². The molecule has 1 saturated carbocycles. The number of nitro benzene ring substituents is 1. The van der Waals surface area contributed by atoms with Crippen LogP contribution in [0.25, 0.3) is 0 Å². The number of nitro groups is 1. The van der Waals surface area contributed by atoms with Crippen LogP contribution in [0.15, 0.2) is 36.7 Å². The average Bonchev–Trinajstić information content (AvgIpc) is 3.30. The van der Waals surface area contributed by atoms with E-state index < -0.39 is 4.92 Å². The van der Waals surface area contributed by atoms with Gasteiger partial charge < -0.3 is 10.2 Å². The third-order valence-corrected chi connectivity index (χ3v) is 5.05. The van der Waals surface area contributed by atoms with Gasteiger partial charge >= 0.3 is 0 Å². The van der Waals surface area contributed by atoms with Crippen molar-refractivity contribution in [2.75, 3.05) is 18.0 Å². The third-order valence-electron chi connectivity index (χ3n) is 5.05. The van der Waals surface area contributed by atoms with Crippen LogP contribution in [0.3, 0.4) is 0 Å². The van der Waals surface area contributed by atoms with Crippen molar-refractivity contribution in [2.24, 2.45) is 0 Å². The van der Waals surface area contributed by atoms with Crippen molar-refractivity contribution in [2.45, 2.75) is 37.8 Å². The molecule has 1 aromatic carbocycles. The molecule has 2 aromatic rings. The number of amides is 1. The van der Waals surface area contributed by atoms with E-state index in [1.807, 2.05) is 21.8 Å². The van der Waals surface area contributed by atoms with Crippen LogP contribution in [0, 0.1) is 10.1 Å². The van der Waals surface area contributed by atoms with E-state index in [2.05, 4.69) is 10.4 Å². The number of anilines is 1. The summed E-state index contributed by atoms with van der Waals surface area (Å²) in [6, 6.07) is 7.23. The Morgan fingerprint density at radius 3 is 2.62 bits per heavy atom. The first-order chi connectivity index (χ1) is 12.6. The van der Waals surface area contributed by atoms with Gasteiger partial charge in [0.15, 0.2) is 0 Å². The average molecular weight is 355 g/mol. The van der Waals surface area contributed by atoms with E-state index in [1.54, 1.807) is 18.3 Å². The predicted molar refractivity (Wildman–Crippen MR) is 96.3 cm³/mol. The van der Waals surface area contributed by atoms with E-state index >= 15 is 0 Å². The summed E-state index contributed by atoms with van der Waals surface area (Å²) in [7, 11) is 0. The monoisotopic (exact) mass is 355 g/mol. The van der Waals surface area contributed by atoms with E-state index in [0.717, 1.165) is 38.8 Å². The number of piperidine rings is 1. The summed E-state index contributed by atoms with van der Waals surface area (Å²) in [6.45, 7) is 1.44. The number of carbonyl (C=O) groups is 1. The Balaban J connectivity index is 1.50. The minimum atomic E-state index is -0.400. The standard InChI is InChI=1S/C18H21N5O3/c24-18(20-14-3-4-14)13-2-5-16(17(12-13)23(25)26)21-10-6-15(7-11-21)22-9-1-8-19-22/h1-2,5,8-9,12,14-15H,3-4,6-7,10-11H2,(H,20,24). The molecule has 0 bridgehead atoms. The maximum Gasteiger partial charge on any atom is 0.293 e. The second-order valence-electron chi connectivity index (χ2n) is 6.91. The maximum atomic E-state index is 12.2. The Labute approximate surface area is 150 Å². The minimum Gasteiger partial charge on any atom is -0.366 e. The summed E-state index contributed by atoms with van der Waals surface area (Å²) >= 11 is 0. The highest BCUT2D eigenvalue weighted by Crippen LogP contribution is 2.33. The number of hydrogen-bond donors (Lipinski definition) is 1. The molecule has 136 valence electrons. The summed E-state index contributed by atoms with van der Waals surface area (Å²) in [5, 5.41) is 18.7. The highest BCUT2D eigenvalue weighted by molar-refractivity contribution is 5.96. The van der Waals surface area contributed by atoms with Crippen LogP contribution >= 0.6 is 0 Å². The van der Waals surface area contributed by atoms with Crippen molar-refractivity contribution in [1.82, 2.24) is 15.1 Å². The maximum absolute atomic E-state index is 12.2. The molecule has 1 saturated heterocycles. The molecule has 0 unspecified atom stereocenters. The second-order valence-corrected chi connectivity index (χ2v) is 6.91. The van der Waals surface area contributed by atoms with Crippen LogP contribution in [0.4, 0.5) is 11.4 Å². The zero-order valence-electron chi connectivity index (χ0n) is 14.4. The largest absolute Gasteiger partial charge is 0.366 e. The molecule has 1 aliphatic carbocycles. The van der Waals surface area contributed by atoms with E-state index in [4.69, 9.17) is 0 Å². The fourth-order valence-electron chi connectivity index (χ4n) is 3.44. The Morgan fingerprint density at radius 2 is 2.00 bits per heavy atom. The van der Waals surface area contributed by atoms with Crippen LogP contribution < -0.4 is 10.2 Å². The SMILES string of the molecule is O=C(NC1CC1)c1ccc(N2CCC(n3cccn3)CC2)c([N+](=O)[O-])c1. The summed E-state index contributed by atoms with van der Waals surface area (Å²) < 4.78 is 1.96. The van der Waals surface area contributed by atoms with Gasteiger partial charge in [0.05, 0.1) is 11.0 Å². The lowest BCUT2D eigenvalue weighted by molar-refractivity contribution is -0.384. The molecule has 0 spiro atoms. The van der Waals surface area contributed by atoms with Gasteiger partial charge in [-0.25, -0.2) is 0 Å². The number of rotatable bonds is 5. The molecule has 2 heterocycles. The molecular formula is C18H21N5O3. The van der Waals surface area contributed by atoms with Crippen LogP contribution in [0.1, 0.15) is 42.1 Å². The van der Waals surface area contributed by atoms with Gasteiger partial charge in [0, 0.05) is 43.2 Å². The Hall–Kier alpha value is -2.90. The highest BCUT2D eigenvalue weighted by atomic mass is 16.6. The lowest BCUT2D eigenvalue weighted by Gasteiger charge is -2.33. The lowest BCUT2D eigenvalue weighted by Crippen LogP contribution is -2.35. The first-order valence-corrected chi connectivity index (χ1v) is 8.95. The molecule has 2 aliphatic rings. The zero-order chi connectivity index (χ0) is 18.1. The molecule has 2 fully saturated rings. The highest BCUT2D eigenvalue weighted by Gasteiger charge is 2.28. The number of nitrogens with zero attached hydrogens (tertiary/aromatic N) is 4. The summed E-state index contributed by atoms with van der Waals surface area (Å²) in [5.74, 6) is -0.237. The number of carbonyl (C=O) groups excluding carboxylic acids is 1. The molecule has 8 heteroatoms. The van der Waals surface area contributed by atoms with Gasteiger partial charge in [-0.05, 0) is 43.9 Å².